The van der Waals surface area contributed by atoms with Crippen LogP contribution in [0.5, 0.6) is 0 Å². The Morgan fingerprint density at radius 2 is 1.55 bits per heavy atom. The van der Waals surface area contributed by atoms with Crippen LogP contribution in [0.1, 0.15) is 36.2 Å². The molecular formula is C22H28N4O3. The van der Waals surface area contributed by atoms with Crippen molar-refractivity contribution in [1.29, 1.82) is 0 Å². The SMILES string of the molecule is O=C(CN1CCN(C(=O)c2cc(-c3ccccc3)on2)CC1)N1CCCCCC1. The van der Waals surface area contributed by atoms with Crippen LogP contribution < -0.4 is 0 Å². The standard InChI is InChI=1S/C22H28N4O3/c27-21(25-10-6-1-2-7-11-25)17-24-12-14-26(15-13-24)22(28)19-16-20(29-23-19)18-8-4-3-5-9-18/h3-5,8-9,16H,1-2,6-7,10-15,17H2. The van der Waals surface area contributed by atoms with Crippen LogP contribution >= 0.6 is 0 Å². The van der Waals surface area contributed by atoms with Crippen molar-refractivity contribution < 1.29 is 14.1 Å². The van der Waals surface area contributed by atoms with E-state index in [9.17, 15) is 9.59 Å². The van der Waals surface area contributed by atoms with Gasteiger partial charge >= 0.3 is 0 Å². The molecule has 0 atom stereocenters. The third-order valence-corrected chi connectivity index (χ3v) is 5.76. The minimum atomic E-state index is -0.116. The molecule has 1 aromatic heterocycles. The van der Waals surface area contributed by atoms with Gasteiger partial charge < -0.3 is 14.3 Å². The second-order valence-electron chi connectivity index (χ2n) is 7.81. The van der Waals surface area contributed by atoms with Crippen molar-refractivity contribution in [2.45, 2.75) is 25.7 Å². The highest BCUT2D eigenvalue weighted by atomic mass is 16.5. The third-order valence-electron chi connectivity index (χ3n) is 5.76. The largest absolute Gasteiger partial charge is 0.355 e. The Morgan fingerprint density at radius 3 is 2.24 bits per heavy atom. The van der Waals surface area contributed by atoms with Gasteiger partial charge in [-0.1, -0.05) is 48.3 Å². The summed E-state index contributed by atoms with van der Waals surface area (Å²) in [6.45, 7) is 4.81. The summed E-state index contributed by atoms with van der Waals surface area (Å²) in [6, 6.07) is 11.3. The van der Waals surface area contributed by atoms with Crippen molar-refractivity contribution in [3.8, 4) is 11.3 Å². The summed E-state index contributed by atoms with van der Waals surface area (Å²) >= 11 is 0. The first-order valence-corrected chi connectivity index (χ1v) is 10.5. The zero-order valence-corrected chi connectivity index (χ0v) is 16.8. The molecule has 7 nitrogen and oxygen atoms in total. The molecule has 2 amide bonds. The minimum absolute atomic E-state index is 0.116. The van der Waals surface area contributed by atoms with Crippen LogP contribution in [0.15, 0.2) is 40.9 Å². The van der Waals surface area contributed by atoms with Gasteiger partial charge in [0.15, 0.2) is 11.5 Å². The van der Waals surface area contributed by atoms with Crippen molar-refractivity contribution in [3.05, 3.63) is 42.1 Å². The molecule has 2 aliphatic rings. The molecule has 2 aromatic rings. The smallest absolute Gasteiger partial charge is 0.276 e. The molecule has 0 unspecified atom stereocenters. The molecule has 0 bridgehead atoms. The first-order chi connectivity index (χ1) is 14.2. The van der Waals surface area contributed by atoms with E-state index in [1.54, 1.807) is 11.0 Å². The van der Waals surface area contributed by atoms with Gasteiger partial charge in [0.05, 0.1) is 6.54 Å². The van der Waals surface area contributed by atoms with Crippen molar-refractivity contribution in [2.75, 3.05) is 45.8 Å². The van der Waals surface area contributed by atoms with Crippen LogP contribution in [0.3, 0.4) is 0 Å². The quantitative estimate of drug-likeness (QED) is 0.794. The topological polar surface area (TPSA) is 69.9 Å². The fourth-order valence-corrected chi connectivity index (χ4v) is 4.00. The van der Waals surface area contributed by atoms with Gasteiger partial charge in [0, 0.05) is 50.9 Å². The van der Waals surface area contributed by atoms with Gasteiger partial charge in [-0.15, -0.1) is 0 Å². The number of carbonyl (C=O) groups is 2. The average molecular weight is 396 g/mol. The third kappa shape index (κ3) is 4.85. The number of hydrogen-bond donors (Lipinski definition) is 0. The molecule has 1 aromatic carbocycles. The molecule has 2 aliphatic heterocycles. The predicted octanol–water partition coefficient (Wildman–Crippen LogP) is 2.50. The van der Waals surface area contributed by atoms with Gasteiger partial charge in [-0.05, 0) is 12.8 Å². The van der Waals surface area contributed by atoms with Crippen LogP contribution in [0.25, 0.3) is 11.3 Å². The van der Waals surface area contributed by atoms with Gasteiger partial charge in [-0.25, -0.2) is 0 Å². The molecule has 2 saturated heterocycles. The van der Waals surface area contributed by atoms with Gasteiger partial charge in [0.1, 0.15) is 0 Å². The van der Waals surface area contributed by atoms with Crippen LogP contribution in [0.2, 0.25) is 0 Å². The monoisotopic (exact) mass is 396 g/mol. The van der Waals surface area contributed by atoms with Crippen molar-refractivity contribution >= 4 is 11.8 Å². The summed E-state index contributed by atoms with van der Waals surface area (Å²) in [7, 11) is 0. The number of rotatable bonds is 4. The predicted molar refractivity (Wildman–Crippen MR) is 109 cm³/mol. The lowest BCUT2D eigenvalue weighted by molar-refractivity contribution is -0.132. The lowest BCUT2D eigenvalue weighted by atomic mass is 10.1. The molecule has 4 rings (SSSR count). The van der Waals surface area contributed by atoms with Crippen LogP contribution in [-0.4, -0.2) is 77.5 Å². The van der Waals surface area contributed by atoms with Crippen LogP contribution in [0, 0.1) is 0 Å². The number of piperazine rings is 1. The zero-order valence-electron chi connectivity index (χ0n) is 16.8. The number of likely N-dealkylation sites (tertiary alicyclic amines) is 1. The summed E-state index contributed by atoms with van der Waals surface area (Å²) in [5.74, 6) is 0.695. The maximum atomic E-state index is 12.8. The van der Waals surface area contributed by atoms with Crippen molar-refractivity contribution in [2.24, 2.45) is 0 Å². The Balaban J connectivity index is 1.28. The van der Waals surface area contributed by atoms with Gasteiger partial charge in [0.2, 0.25) is 5.91 Å². The molecular weight excluding hydrogens is 368 g/mol. The van der Waals surface area contributed by atoms with E-state index < -0.39 is 0 Å². The summed E-state index contributed by atoms with van der Waals surface area (Å²) in [4.78, 5) is 31.3. The summed E-state index contributed by atoms with van der Waals surface area (Å²) in [5, 5.41) is 3.96. The van der Waals surface area contributed by atoms with E-state index in [4.69, 9.17) is 4.52 Å². The molecule has 0 aliphatic carbocycles. The summed E-state index contributed by atoms with van der Waals surface area (Å²) in [6.07, 6.45) is 4.66. The maximum absolute atomic E-state index is 12.8. The lowest BCUT2D eigenvalue weighted by Gasteiger charge is -2.35. The summed E-state index contributed by atoms with van der Waals surface area (Å²) < 4.78 is 5.36. The lowest BCUT2D eigenvalue weighted by Crippen LogP contribution is -2.51. The molecule has 29 heavy (non-hydrogen) atoms. The van der Waals surface area contributed by atoms with E-state index in [0.717, 1.165) is 31.5 Å². The highest BCUT2D eigenvalue weighted by molar-refractivity contribution is 5.93. The molecule has 154 valence electrons. The van der Waals surface area contributed by atoms with E-state index in [0.29, 0.717) is 44.2 Å². The number of carbonyl (C=O) groups excluding carboxylic acids is 2. The molecule has 7 heteroatoms. The van der Waals surface area contributed by atoms with E-state index in [2.05, 4.69) is 10.1 Å². The van der Waals surface area contributed by atoms with E-state index in [-0.39, 0.29) is 11.8 Å². The second kappa shape index (κ2) is 9.22. The fourth-order valence-electron chi connectivity index (χ4n) is 4.00. The van der Waals surface area contributed by atoms with Crippen molar-refractivity contribution in [3.63, 3.8) is 0 Å². The first-order valence-electron chi connectivity index (χ1n) is 10.5. The number of benzene rings is 1. The number of nitrogens with zero attached hydrogens (tertiary/aromatic N) is 4. The van der Waals surface area contributed by atoms with Crippen LogP contribution in [0.4, 0.5) is 0 Å². The highest BCUT2D eigenvalue weighted by Gasteiger charge is 2.26. The van der Waals surface area contributed by atoms with Gasteiger partial charge in [0.25, 0.3) is 5.91 Å². The first kappa shape index (κ1) is 19.6. The number of hydrogen-bond acceptors (Lipinski definition) is 5. The normalized spacial score (nSPS) is 18.5. The highest BCUT2D eigenvalue weighted by Crippen LogP contribution is 2.21. The Hall–Kier alpha value is -2.67. The van der Waals surface area contributed by atoms with Crippen molar-refractivity contribution in [1.82, 2.24) is 19.9 Å². The van der Waals surface area contributed by atoms with Gasteiger partial charge in [-0.3, -0.25) is 14.5 Å². The van der Waals surface area contributed by atoms with Crippen LogP contribution in [-0.2, 0) is 4.79 Å². The molecule has 0 N–H and O–H groups in total. The summed E-state index contributed by atoms with van der Waals surface area (Å²) in [5.41, 5.74) is 1.23. The molecule has 0 radical (unpaired) electrons. The number of amides is 2. The maximum Gasteiger partial charge on any atom is 0.276 e. The Morgan fingerprint density at radius 1 is 0.862 bits per heavy atom. The van der Waals surface area contributed by atoms with E-state index in [1.807, 2.05) is 35.2 Å². The molecule has 3 heterocycles. The van der Waals surface area contributed by atoms with Gasteiger partial charge in [-0.2, -0.15) is 0 Å². The zero-order chi connectivity index (χ0) is 20.1. The Labute approximate surface area is 171 Å². The molecule has 0 spiro atoms. The Bertz CT molecular complexity index is 820. The minimum Gasteiger partial charge on any atom is -0.355 e. The Kier molecular flexibility index (Phi) is 6.24. The fraction of sp³-hybridized carbons (Fsp3) is 0.500. The molecule has 0 saturated carbocycles. The number of aromatic nitrogens is 1. The van der Waals surface area contributed by atoms with E-state index in [1.165, 1.54) is 12.8 Å². The second-order valence-corrected chi connectivity index (χ2v) is 7.81. The molecule has 2 fully saturated rings. The van der Waals surface area contributed by atoms with E-state index >= 15 is 0 Å². The average Bonchev–Trinajstić information content (AvgIpc) is 3.09.